The fourth-order valence-electron chi connectivity index (χ4n) is 3.23. The number of carbonyl (C=O) groups is 4. The first-order valence-corrected chi connectivity index (χ1v) is 9.85. The van der Waals surface area contributed by atoms with E-state index in [1.165, 1.54) is 7.11 Å². The van der Waals surface area contributed by atoms with Crippen LogP contribution in [0.5, 0.6) is 0 Å². The van der Waals surface area contributed by atoms with Crippen LogP contribution < -0.4 is 10.6 Å². The lowest BCUT2D eigenvalue weighted by Crippen LogP contribution is -2.31. The molecule has 31 heavy (non-hydrogen) atoms. The number of likely N-dealkylation sites (tertiary alicyclic amines) is 1. The highest BCUT2D eigenvalue weighted by atomic mass is 16.5. The molecule has 1 atom stereocenters. The zero-order valence-electron chi connectivity index (χ0n) is 17.2. The van der Waals surface area contributed by atoms with Gasteiger partial charge in [-0.05, 0) is 29.8 Å². The van der Waals surface area contributed by atoms with Gasteiger partial charge in [0.05, 0.1) is 31.7 Å². The summed E-state index contributed by atoms with van der Waals surface area (Å²) in [6.45, 7) is 0.552. The van der Waals surface area contributed by atoms with Crippen LogP contribution in [0.3, 0.4) is 0 Å². The Labute approximate surface area is 179 Å². The molecule has 2 aromatic rings. The van der Waals surface area contributed by atoms with Crippen molar-refractivity contribution < 1.29 is 23.9 Å². The number of anilines is 1. The van der Waals surface area contributed by atoms with Gasteiger partial charge in [0, 0.05) is 24.8 Å². The molecule has 162 valence electrons. The Morgan fingerprint density at radius 3 is 2.61 bits per heavy atom. The van der Waals surface area contributed by atoms with Crippen molar-refractivity contribution in [1.82, 2.24) is 15.2 Å². The smallest absolute Gasteiger partial charge is 0.325 e. The summed E-state index contributed by atoms with van der Waals surface area (Å²) in [5, 5.41) is 5.29. The van der Waals surface area contributed by atoms with E-state index < -0.39 is 11.9 Å². The topological polar surface area (TPSA) is 118 Å². The van der Waals surface area contributed by atoms with Crippen LogP contribution in [-0.4, -0.2) is 53.8 Å². The summed E-state index contributed by atoms with van der Waals surface area (Å²) in [5.74, 6) is -1.55. The first kappa shape index (κ1) is 21.9. The quantitative estimate of drug-likeness (QED) is 0.608. The van der Waals surface area contributed by atoms with Crippen molar-refractivity contribution in [2.24, 2.45) is 5.92 Å². The lowest BCUT2D eigenvalue weighted by atomic mass is 10.1. The molecule has 0 spiro atoms. The second kappa shape index (κ2) is 10.3. The van der Waals surface area contributed by atoms with Crippen LogP contribution >= 0.6 is 0 Å². The van der Waals surface area contributed by atoms with Gasteiger partial charge in [0.25, 0.3) is 0 Å². The predicted molar refractivity (Wildman–Crippen MR) is 112 cm³/mol. The van der Waals surface area contributed by atoms with Crippen LogP contribution in [-0.2, 0) is 36.9 Å². The zero-order valence-corrected chi connectivity index (χ0v) is 17.2. The molecule has 3 rings (SSSR count). The molecule has 9 nitrogen and oxygen atoms in total. The number of benzene rings is 1. The van der Waals surface area contributed by atoms with E-state index in [1.54, 1.807) is 35.4 Å². The van der Waals surface area contributed by atoms with Crippen LogP contribution in [0.25, 0.3) is 0 Å². The van der Waals surface area contributed by atoms with Crippen LogP contribution in [0.4, 0.5) is 5.69 Å². The first-order chi connectivity index (χ1) is 14.9. The normalized spacial score (nSPS) is 15.5. The summed E-state index contributed by atoms with van der Waals surface area (Å²) in [6, 6.07) is 12.4. The first-order valence-electron chi connectivity index (χ1n) is 9.85. The van der Waals surface area contributed by atoms with E-state index in [2.05, 4.69) is 20.4 Å². The number of nitrogens with zero attached hydrogens (tertiary/aromatic N) is 2. The Hall–Kier alpha value is -3.75. The van der Waals surface area contributed by atoms with E-state index in [1.807, 2.05) is 18.2 Å². The number of methoxy groups -OCH3 is 1. The lowest BCUT2D eigenvalue weighted by molar-refractivity contribution is -0.141. The molecule has 0 saturated carbocycles. The molecule has 1 aromatic carbocycles. The highest BCUT2D eigenvalue weighted by Gasteiger charge is 2.34. The summed E-state index contributed by atoms with van der Waals surface area (Å²) in [5.41, 5.74) is 2.10. The van der Waals surface area contributed by atoms with Crippen molar-refractivity contribution in [1.29, 1.82) is 0 Å². The third-order valence-corrected chi connectivity index (χ3v) is 4.91. The van der Waals surface area contributed by atoms with Crippen molar-refractivity contribution >= 4 is 29.4 Å². The molecule has 1 saturated heterocycles. The van der Waals surface area contributed by atoms with Crippen molar-refractivity contribution in [3.63, 3.8) is 0 Å². The molecule has 0 aliphatic carbocycles. The molecule has 1 aliphatic heterocycles. The Balaban J connectivity index is 1.48. The van der Waals surface area contributed by atoms with Gasteiger partial charge in [0.2, 0.25) is 17.7 Å². The maximum absolute atomic E-state index is 12.6. The van der Waals surface area contributed by atoms with Gasteiger partial charge in [-0.1, -0.05) is 18.2 Å². The minimum atomic E-state index is -0.518. The molecule has 1 unspecified atom stereocenters. The molecule has 2 N–H and O–H groups in total. The van der Waals surface area contributed by atoms with Crippen molar-refractivity contribution in [2.75, 3.05) is 25.5 Å². The van der Waals surface area contributed by atoms with E-state index >= 15 is 0 Å². The number of amides is 3. The average molecular weight is 424 g/mol. The fraction of sp³-hybridized carbons (Fsp3) is 0.318. The average Bonchev–Trinajstić information content (AvgIpc) is 3.14. The molecule has 1 aromatic heterocycles. The third-order valence-electron chi connectivity index (χ3n) is 4.91. The Morgan fingerprint density at radius 2 is 1.94 bits per heavy atom. The van der Waals surface area contributed by atoms with Gasteiger partial charge in [-0.25, -0.2) is 0 Å². The van der Waals surface area contributed by atoms with E-state index in [9.17, 15) is 19.2 Å². The number of hydrogen-bond acceptors (Lipinski definition) is 6. The Bertz CT molecular complexity index is 946. The highest BCUT2D eigenvalue weighted by Crippen LogP contribution is 2.21. The number of esters is 1. The van der Waals surface area contributed by atoms with Gasteiger partial charge in [-0.15, -0.1) is 0 Å². The Kier molecular flexibility index (Phi) is 7.31. The Morgan fingerprint density at radius 1 is 1.16 bits per heavy atom. The number of nitrogens with one attached hydrogen (secondary N) is 2. The van der Waals surface area contributed by atoms with E-state index in [4.69, 9.17) is 0 Å². The molecule has 0 radical (unpaired) electrons. The lowest BCUT2D eigenvalue weighted by Gasteiger charge is -2.16. The molecule has 2 heterocycles. The van der Waals surface area contributed by atoms with Gasteiger partial charge in [0.15, 0.2) is 0 Å². The molecule has 0 bridgehead atoms. The minimum absolute atomic E-state index is 0.0703. The molecule has 3 amide bonds. The maximum Gasteiger partial charge on any atom is 0.325 e. The van der Waals surface area contributed by atoms with Gasteiger partial charge in [-0.2, -0.15) is 0 Å². The van der Waals surface area contributed by atoms with Crippen molar-refractivity contribution in [3.05, 3.63) is 59.9 Å². The molecular weight excluding hydrogens is 400 g/mol. The molecule has 1 aliphatic rings. The van der Waals surface area contributed by atoms with E-state index in [0.717, 1.165) is 11.3 Å². The molecule has 9 heteroatoms. The van der Waals surface area contributed by atoms with E-state index in [-0.39, 0.29) is 37.1 Å². The molecular formula is C22H24N4O5. The van der Waals surface area contributed by atoms with E-state index in [0.29, 0.717) is 18.8 Å². The number of pyridine rings is 1. The fourth-order valence-corrected chi connectivity index (χ4v) is 3.23. The van der Waals surface area contributed by atoms with Gasteiger partial charge >= 0.3 is 5.97 Å². The number of hydrogen-bond donors (Lipinski definition) is 2. The summed E-state index contributed by atoms with van der Waals surface area (Å²) < 4.78 is 4.47. The third kappa shape index (κ3) is 6.36. The number of rotatable bonds is 8. The summed E-state index contributed by atoms with van der Waals surface area (Å²) in [6.07, 6.45) is 1.94. The van der Waals surface area contributed by atoms with Crippen LogP contribution in [0.2, 0.25) is 0 Å². The number of carbonyl (C=O) groups excluding carboxylic acids is 4. The van der Waals surface area contributed by atoms with Crippen LogP contribution in [0.1, 0.15) is 17.7 Å². The van der Waals surface area contributed by atoms with Gasteiger partial charge in [0.1, 0.15) is 6.54 Å². The SMILES string of the molecule is COC(=O)CNC(=O)Cc1ccc(NC(=O)C2CC(=O)N(Cc3ccccn3)C2)cc1. The monoisotopic (exact) mass is 424 g/mol. The standard InChI is InChI=1S/C22H24N4O5/c1-31-21(29)12-24-19(27)10-15-5-7-17(8-6-15)25-22(30)16-11-20(28)26(13-16)14-18-4-2-3-9-23-18/h2-9,16H,10-14H2,1H3,(H,24,27)(H,25,30). The maximum atomic E-state index is 12.6. The summed E-state index contributed by atoms with van der Waals surface area (Å²) in [7, 11) is 1.25. The number of aromatic nitrogens is 1. The highest BCUT2D eigenvalue weighted by molar-refractivity contribution is 5.97. The van der Waals surface area contributed by atoms with Crippen LogP contribution in [0.15, 0.2) is 48.7 Å². The minimum Gasteiger partial charge on any atom is -0.468 e. The summed E-state index contributed by atoms with van der Waals surface area (Å²) >= 11 is 0. The van der Waals surface area contributed by atoms with Gasteiger partial charge < -0.3 is 20.3 Å². The zero-order chi connectivity index (χ0) is 22.2. The molecule has 1 fully saturated rings. The predicted octanol–water partition coefficient (Wildman–Crippen LogP) is 0.900. The second-order valence-corrected chi connectivity index (χ2v) is 7.21. The van der Waals surface area contributed by atoms with Crippen molar-refractivity contribution in [2.45, 2.75) is 19.4 Å². The van der Waals surface area contributed by atoms with Crippen LogP contribution in [0, 0.1) is 5.92 Å². The van der Waals surface area contributed by atoms with Gasteiger partial charge in [-0.3, -0.25) is 24.2 Å². The summed E-state index contributed by atoms with van der Waals surface area (Å²) in [4.78, 5) is 53.6. The largest absolute Gasteiger partial charge is 0.468 e. The number of ether oxygens (including phenoxy) is 1. The van der Waals surface area contributed by atoms with Crippen molar-refractivity contribution in [3.8, 4) is 0 Å². The second-order valence-electron chi connectivity index (χ2n) is 7.21.